The topological polar surface area (TPSA) is 21.1 Å². The van der Waals surface area contributed by atoms with Gasteiger partial charge in [-0.2, -0.15) is 19.4 Å². The summed E-state index contributed by atoms with van der Waals surface area (Å²) in [6, 6.07) is 39.0. The number of hydrogen-bond donors (Lipinski definition) is 0. The molecule has 210 valence electrons. The molecule has 5 aromatic carbocycles. The summed E-state index contributed by atoms with van der Waals surface area (Å²) >= 11 is 0. The van der Waals surface area contributed by atoms with Gasteiger partial charge in [0, 0.05) is 35.9 Å². The number of para-hydroxylation sites is 4. The van der Waals surface area contributed by atoms with Crippen molar-refractivity contribution in [3.05, 3.63) is 135 Å². The molecule has 0 saturated carbocycles. The van der Waals surface area contributed by atoms with Gasteiger partial charge in [0.15, 0.2) is 0 Å². The van der Waals surface area contributed by atoms with E-state index in [4.69, 9.17) is 8.22 Å². The molecular formula is C36H26N6Pt. The quantitative estimate of drug-likeness (QED) is 0.170. The van der Waals surface area contributed by atoms with E-state index in [0.717, 1.165) is 50.2 Å². The van der Waals surface area contributed by atoms with Crippen molar-refractivity contribution in [1.29, 1.82) is 0 Å². The van der Waals surface area contributed by atoms with Gasteiger partial charge in [0.25, 0.3) is 0 Å². The molecule has 0 radical (unpaired) electrons. The van der Waals surface area contributed by atoms with E-state index in [9.17, 15) is 0 Å². The molecule has 9 rings (SSSR count). The third-order valence-electron chi connectivity index (χ3n) is 8.08. The van der Waals surface area contributed by atoms with Gasteiger partial charge in [-0.15, -0.1) is 47.8 Å². The average molecular weight is 744 g/mol. The molecule has 0 fully saturated rings. The first-order valence-corrected chi connectivity index (χ1v) is 13.6. The van der Waals surface area contributed by atoms with Crippen molar-refractivity contribution < 1.29 is 29.3 Å². The van der Waals surface area contributed by atoms with Gasteiger partial charge in [0.05, 0.1) is 11.2 Å². The molecule has 7 heteroatoms. The van der Waals surface area contributed by atoms with E-state index in [2.05, 4.69) is 45.9 Å². The van der Waals surface area contributed by atoms with Crippen molar-refractivity contribution in [2.24, 2.45) is 0 Å². The van der Waals surface area contributed by atoms with Crippen LogP contribution in [0.5, 0.6) is 0 Å². The molecule has 0 bridgehead atoms. The van der Waals surface area contributed by atoms with Crippen molar-refractivity contribution in [2.45, 2.75) is 0 Å². The van der Waals surface area contributed by atoms with Crippen LogP contribution in [0.25, 0.3) is 27.5 Å². The first-order valence-electron chi connectivity index (χ1n) is 16.6. The molecule has 3 aliphatic rings. The summed E-state index contributed by atoms with van der Waals surface area (Å²) in [7, 11) is 0. The number of rotatable bonds is 3. The second kappa shape index (κ2) is 9.68. The molecule has 0 aliphatic carbocycles. The molecule has 0 saturated heterocycles. The summed E-state index contributed by atoms with van der Waals surface area (Å²) in [5, 5.41) is 2.24. The van der Waals surface area contributed by atoms with Gasteiger partial charge in [-0.3, -0.25) is 0 Å². The summed E-state index contributed by atoms with van der Waals surface area (Å²) in [6.07, 6.45) is 3.24. The zero-order valence-electron chi connectivity index (χ0n) is 28.5. The minimum Gasteiger partial charge on any atom is -0.510 e. The Balaban J connectivity index is 0.00000348. The first kappa shape index (κ1) is 20.3. The van der Waals surface area contributed by atoms with Gasteiger partial charge in [-0.25, -0.2) is 0 Å². The van der Waals surface area contributed by atoms with Crippen LogP contribution in [0.1, 0.15) is 8.22 Å². The molecule has 0 unspecified atom stereocenters. The van der Waals surface area contributed by atoms with Crippen molar-refractivity contribution in [1.82, 2.24) is 9.47 Å². The van der Waals surface area contributed by atoms with Crippen LogP contribution in [0.15, 0.2) is 109 Å². The van der Waals surface area contributed by atoms with Gasteiger partial charge in [-0.1, -0.05) is 48.2 Å². The van der Waals surface area contributed by atoms with Crippen LogP contribution >= 0.6 is 0 Å². The van der Waals surface area contributed by atoms with E-state index in [1.165, 1.54) is 16.0 Å². The molecule has 6 nitrogen and oxygen atoms in total. The first-order chi connectivity index (χ1) is 23.1. The third-order valence-corrected chi connectivity index (χ3v) is 8.08. The van der Waals surface area contributed by atoms with E-state index in [-0.39, 0.29) is 21.1 Å². The normalized spacial score (nSPS) is 17.6. The van der Waals surface area contributed by atoms with Gasteiger partial charge in [-0.05, 0) is 62.0 Å². The Morgan fingerprint density at radius 2 is 1.42 bits per heavy atom. The second-order valence-electron chi connectivity index (χ2n) is 10.4. The minimum atomic E-state index is -2.36. The maximum absolute atomic E-state index is 8.14. The molecule has 0 spiro atoms. The predicted octanol–water partition coefficient (Wildman–Crippen LogP) is 8.21. The number of aromatic nitrogens is 1. The maximum atomic E-state index is 8.14. The monoisotopic (exact) mass is 743 g/mol. The van der Waals surface area contributed by atoms with E-state index in [0.29, 0.717) is 17.1 Å². The number of benzene rings is 5. The average Bonchev–Trinajstić information content (AvgIpc) is 3.81. The molecule has 0 amide bonds. The van der Waals surface area contributed by atoms with Crippen LogP contribution in [-0.2, 0) is 21.1 Å². The third kappa shape index (κ3) is 3.76. The van der Waals surface area contributed by atoms with Crippen molar-refractivity contribution in [2.75, 3.05) is 33.6 Å². The summed E-state index contributed by atoms with van der Waals surface area (Å²) in [6.45, 7) is -1.53. The summed E-state index contributed by atoms with van der Waals surface area (Å²) in [5.41, 5.74) is 8.10. The zero-order valence-corrected chi connectivity index (χ0v) is 24.8. The Hall–Kier alpha value is -4.67. The Kier molecular flexibility index (Phi) is 4.56. The SMILES string of the molecule is [2H]C([2H])([2H])N1C=CN(c2[c-]c3c(cc2)-n2c4ccccc4c4cccc(c42)N3c2[c-]c(N3[CH-]N(C([2H])([2H])[2H])c4ccccc43)ccc2)[CH-]1.[Pt+4]. The second-order valence-corrected chi connectivity index (χ2v) is 10.4. The number of nitrogens with zero attached hydrogens (tertiary/aromatic N) is 6. The number of hydrogen-bond acceptors (Lipinski definition) is 5. The minimum absolute atomic E-state index is 0. The summed E-state index contributed by atoms with van der Waals surface area (Å²) < 4.78 is 50.2. The Morgan fingerprint density at radius 3 is 2.30 bits per heavy atom. The van der Waals surface area contributed by atoms with Crippen LogP contribution in [-0.4, -0.2) is 23.4 Å². The predicted molar refractivity (Wildman–Crippen MR) is 172 cm³/mol. The Morgan fingerprint density at radius 1 is 0.628 bits per heavy atom. The van der Waals surface area contributed by atoms with Crippen LogP contribution < -0.4 is 19.6 Å². The summed E-state index contributed by atoms with van der Waals surface area (Å²) in [5.74, 6) is 0. The van der Waals surface area contributed by atoms with Crippen LogP contribution in [0.3, 0.4) is 0 Å². The Bertz CT molecular complexity index is 2300. The van der Waals surface area contributed by atoms with E-state index >= 15 is 0 Å². The van der Waals surface area contributed by atoms with Gasteiger partial charge >= 0.3 is 21.1 Å². The molecule has 0 atom stereocenters. The molecule has 4 heterocycles. The Labute approximate surface area is 273 Å². The van der Waals surface area contributed by atoms with Crippen molar-refractivity contribution in [3.8, 4) is 5.69 Å². The zero-order chi connectivity index (χ0) is 32.9. The molecule has 43 heavy (non-hydrogen) atoms. The van der Waals surface area contributed by atoms with E-state index in [1.807, 2.05) is 71.6 Å². The molecule has 6 aromatic rings. The largest absolute Gasteiger partial charge is 4.00 e. The molecule has 1 aromatic heterocycles. The van der Waals surface area contributed by atoms with E-state index in [1.54, 1.807) is 30.5 Å². The maximum Gasteiger partial charge on any atom is 4.00 e. The fourth-order valence-corrected chi connectivity index (χ4v) is 6.28. The fraction of sp³-hybridized carbons (Fsp3) is 0.0556. The molecule has 3 aliphatic heterocycles. The molecular weight excluding hydrogens is 712 g/mol. The standard InChI is InChI=1S/C36H26N6.Pt/c1-37-19-20-39(23-37)25-17-18-33-35(22-25)41(34-16-8-12-29-28-11-3-4-13-30(28)42(33)36(29)34)27-10-7-9-26(21-27)40-24-38(2)31-14-5-6-15-32(31)40;/h3-20,23-24H,1-2H3;/q-4;+4/i1D3,2D3;. The van der Waals surface area contributed by atoms with Crippen LogP contribution in [0.2, 0.25) is 0 Å². The molecule has 0 N–H and O–H groups in total. The number of anilines is 7. The number of fused-ring (bicyclic) bond motifs is 6. The van der Waals surface area contributed by atoms with Gasteiger partial charge < -0.3 is 29.1 Å². The smallest absolute Gasteiger partial charge is 0.510 e. The van der Waals surface area contributed by atoms with Crippen LogP contribution in [0, 0.1) is 25.5 Å². The fourth-order valence-electron chi connectivity index (χ4n) is 6.28. The van der Waals surface area contributed by atoms with Crippen molar-refractivity contribution >= 4 is 61.6 Å². The van der Waals surface area contributed by atoms with Crippen molar-refractivity contribution in [3.63, 3.8) is 0 Å². The summed E-state index contributed by atoms with van der Waals surface area (Å²) in [4.78, 5) is 8.21. The van der Waals surface area contributed by atoms with E-state index < -0.39 is 14.0 Å². The van der Waals surface area contributed by atoms with Gasteiger partial charge in [0.2, 0.25) is 0 Å². The van der Waals surface area contributed by atoms with Crippen LogP contribution in [0.4, 0.5) is 39.8 Å². The van der Waals surface area contributed by atoms with Gasteiger partial charge in [0.1, 0.15) is 0 Å².